The van der Waals surface area contributed by atoms with E-state index in [1.54, 1.807) is 0 Å². The van der Waals surface area contributed by atoms with Crippen molar-refractivity contribution in [3.05, 3.63) is 180 Å². The second kappa shape index (κ2) is 11.5. The van der Waals surface area contributed by atoms with Crippen molar-refractivity contribution in [1.82, 2.24) is 4.57 Å². The van der Waals surface area contributed by atoms with Gasteiger partial charge in [0, 0.05) is 38.6 Å². The van der Waals surface area contributed by atoms with Crippen molar-refractivity contribution < 1.29 is 4.42 Å². The average Bonchev–Trinajstić information content (AvgIpc) is 3.77. The van der Waals surface area contributed by atoms with Gasteiger partial charge in [0.2, 0.25) is 0 Å². The fourth-order valence-electron chi connectivity index (χ4n) is 9.38. The first kappa shape index (κ1) is 31.3. The maximum Gasteiger partial charge on any atom is 0.159 e. The number of rotatable bonds is 4. The lowest BCUT2D eigenvalue weighted by atomic mass is 9.78. The number of anilines is 3. The van der Waals surface area contributed by atoms with Crippen molar-refractivity contribution in [3.8, 4) is 27.9 Å². The van der Waals surface area contributed by atoms with Crippen molar-refractivity contribution in [3.63, 3.8) is 0 Å². The van der Waals surface area contributed by atoms with E-state index in [9.17, 15) is 0 Å². The van der Waals surface area contributed by atoms with Crippen LogP contribution in [0.2, 0.25) is 0 Å². The lowest BCUT2D eigenvalue weighted by Crippen LogP contribution is -2.13. The molecule has 1 aliphatic rings. The van der Waals surface area contributed by atoms with Crippen molar-refractivity contribution in [2.75, 3.05) is 4.90 Å². The summed E-state index contributed by atoms with van der Waals surface area (Å²) in [5, 5.41) is 9.78. The molecule has 0 bridgehead atoms. The Balaban J connectivity index is 1.01. The minimum Gasteiger partial charge on any atom is -0.454 e. The van der Waals surface area contributed by atoms with Gasteiger partial charge in [-0.2, -0.15) is 0 Å². The largest absolute Gasteiger partial charge is 0.454 e. The fraction of sp³-hybridized carbons (Fsp3) is 0.0566. The number of hydrogen-bond donors (Lipinski definition) is 0. The van der Waals surface area contributed by atoms with Crippen LogP contribution in [0.4, 0.5) is 17.1 Å². The van der Waals surface area contributed by atoms with E-state index in [2.05, 4.69) is 188 Å². The minimum absolute atomic E-state index is 0.904. The summed E-state index contributed by atoms with van der Waals surface area (Å²) < 4.78 is 9.10. The highest BCUT2D eigenvalue weighted by atomic mass is 16.3. The standard InChI is InChI=1S/C53H36N2O/c1-31-16-17-32(2)50(24-31)55(52-33(3)18-23-43-42-12-6-9-15-51(42)56-53(43)52)39-22-20-35-28-45-44-27-34-19-21-38(25-36(34)29-46(44)47(45)30-37(35)26-39)54-48-13-7-4-10-40(48)41-11-5-8-14-49(41)54/h4-30H,1-3H3. The molecule has 0 saturated heterocycles. The molecular formula is C53H36N2O. The Labute approximate surface area is 324 Å². The van der Waals surface area contributed by atoms with Gasteiger partial charge in [0.15, 0.2) is 5.58 Å². The predicted molar refractivity (Wildman–Crippen MR) is 236 cm³/mol. The Morgan fingerprint density at radius 2 is 1.04 bits per heavy atom. The first-order chi connectivity index (χ1) is 27.5. The quantitative estimate of drug-likeness (QED) is 0.181. The maximum atomic E-state index is 6.70. The molecule has 2 heterocycles. The van der Waals surface area contributed by atoms with Gasteiger partial charge in [-0.1, -0.05) is 91.0 Å². The normalized spacial score (nSPS) is 12.2. The van der Waals surface area contributed by atoms with Crippen LogP contribution in [0.25, 0.3) is 93.2 Å². The third-order valence-corrected chi connectivity index (χ3v) is 12.1. The number of aryl methyl sites for hydroxylation is 3. The number of fused-ring (bicyclic) bond motifs is 12. The number of hydrogen-bond acceptors (Lipinski definition) is 2. The van der Waals surface area contributed by atoms with Crippen LogP contribution in [-0.2, 0) is 0 Å². The van der Waals surface area contributed by atoms with Crippen molar-refractivity contribution >= 4 is 82.4 Å². The topological polar surface area (TPSA) is 21.3 Å². The zero-order valence-corrected chi connectivity index (χ0v) is 31.4. The highest BCUT2D eigenvalue weighted by molar-refractivity contribution is 6.14. The number of para-hydroxylation sites is 3. The molecule has 0 amide bonds. The molecule has 0 N–H and O–H groups in total. The van der Waals surface area contributed by atoms with Crippen molar-refractivity contribution in [2.45, 2.75) is 20.8 Å². The SMILES string of the molecule is Cc1ccc(C)c(N(c2ccc3cc4c(cc3c2)-c2cc3cc(-n5c6ccccc6c6ccccc65)ccc3cc2-4)c2c(C)ccc3c2oc2ccccc23)c1. The van der Waals surface area contributed by atoms with Crippen LogP contribution >= 0.6 is 0 Å². The Hall–Kier alpha value is -7.10. The van der Waals surface area contributed by atoms with Gasteiger partial charge in [0.1, 0.15) is 5.58 Å². The molecule has 0 saturated carbocycles. The third kappa shape index (κ3) is 4.40. The van der Waals surface area contributed by atoms with Crippen LogP contribution in [0.15, 0.2) is 168 Å². The Morgan fingerprint density at radius 1 is 0.446 bits per heavy atom. The Bertz CT molecular complexity index is 3420. The molecule has 0 radical (unpaired) electrons. The number of benzene rings is 9. The van der Waals surface area contributed by atoms with Crippen LogP contribution < -0.4 is 4.90 Å². The van der Waals surface area contributed by atoms with Gasteiger partial charge in [-0.25, -0.2) is 0 Å². The summed E-state index contributed by atoms with van der Waals surface area (Å²) in [6.07, 6.45) is 0. The monoisotopic (exact) mass is 716 g/mol. The molecule has 0 unspecified atom stereocenters. The highest BCUT2D eigenvalue weighted by Gasteiger charge is 2.26. The van der Waals surface area contributed by atoms with Gasteiger partial charge in [-0.05, 0) is 154 Å². The van der Waals surface area contributed by atoms with Crippen molar-refractivity contribution in [2.24, 2.45) is 0 Å². The predicted octanol–water partition coefficient (Wildman–Crippen LogP) is 15.0. The summed E-state index contributed by atoms with van der Waals surface area (Å²) >= 11 is 0. The molecule has 0 aliphatic heterocycles. The second-order valence-corrected chi connectivity index (χ2v) is 15.6. The molecule has 3 nitrogen and oxygen atoms in total. The van der Waals surface area contributed by atoms with Gasteiger partial charge in [-0.15, -0.1) is 0 Å². The molecular weight excluding hydrogens is 681 g/mol. The van der Waals surface area contributed by atoms with Crippen molar-refractivity contribution in [1.29, 1.82) is 0 Å². The highest BCUT2D eigenvalue weighted by Crippen LogP contribution is 2.52. The maximum absolute atomic E-state index is 6.70. The summed E-state index contributed by atoms with van der Waals surface area (Å²) in [6.45, 7) is 6.56. The summed E-state index contributed by atoms with van der Waals surface area (Å²) in [5.74, 6) is 0. The number of nitrogens with zero attached hydrogens (tertiary/aromatic N) is 2. The summed E-state index contributed by atoms with van der Waals surface area (Å²) in [4.78, 5) is 2.42. The molecule has 0 fully saturated rings. The second-order valence-electron chi connectivity index (χ2n) is 15.6. The number of aromatic nitrogens is 1. The molecule has 2 aromatic heterocycles. The number of furan rings is 1. The van der Waals surface area contributed by atoms with E-state index in [0.717, 1.165) is 44.6 Å². The van der Waals surface area contributed by atoms with Gasteiger partial charge in [-0.3, -0.25) is 0 Å². The minimum atomic E-state index is 0.904. The molecule has 12 rings (SSSR count). The van der Waals surface area contributed by atoms with E-state index in [0.29, 0.717) is 0 Å². The molecule has 1 aliphatic carbocycles. The van der Waals surface area contributed by atoms with Gasteiger partial charge < -0.3 is 13.9 Å². The van der Waals surface area contributed by atoms with E-state index in [4.69, 9.17) is 4.42 Å². The molecule has 11 aromatic rings. The Morgan fingerprint density at radius 3 is 1.75 bits per heavy atom. The first-order valence-corrected chi connectivity index (χ1v) is 19.4. The Kier molecular flexibility index (Phi) is 6.40. The molecule has 264 valence electrons. The van der Waals surface area contributed by atoms with Crippen LogP contribution in [0, 0.1) is 20.8 Å². The van der Waals surface area contributed by atoms with Gasteiger partial charge >= 0.3 is 0 Å². The smallest absolute Gasteiger partial charge is 0.159 e. The van der Waals surface area contributed by atoms with Crippen LogP contribution in [0.5, 0.6) is 0 Å². The first-order valence-electron chi connectivity index (χ1n) is 19.4. The summed E-state index contributed by atoms with van der Waals surface area (Å²) in [7, 11) is 0. The fourth-order valence-corrected chi connectivity index (χ4v) is 9.38. The summed E-state index contributed by atoms with van der Waals surface area (Å²) in [5.41, 5.74) is 17.6. The summed E-state index contributed by atoms with van der Waals surface area (Å²) in [6, 6.07) is 60.3. The molecule has 0 spiro atoms. The van der Waals surface area contributed by atoms with Gasteiger partial charge in [0.05, 0.1) is 16.7 Å². The zero-order chi connectivity index (χ0) is 37.2. The van der Waals surface area contributed by atoms with Crippen LogP contribution in [-0.4, -0.2) is 4.57 Å². The molecule has 3 heteroatoms. The van der Waals surface area contributed by atoms with Gasteiger partial charge in [0.25, 0.3) is 0 Å². The molecule has 9 aromatic carbocycles. The van der Waals surface area contributed by atoms with E-state index >= 15 is 0 Å². The van der Waals surface area contributed by atoms with Crippen LogP contribution in [0.1, 0.15) is 16.7 Å². The van der Waals surface area contributed by atoms with E-state index < -0.39 is 0 Å². The lowest BCUT2D eigenvalue weighted by Gasteiger charge is -2.30. The van der Waals surface area contributed by atoms with Crippen LogP contribution in [0.3, 0.4) is 0 Å². The molecule has 56 heavy (non-hydrogen) atoms. The van der Waals surface area contributed by atoms with E-state index in [1.807, 2.05) is 6.07 Å². The van der Waals surface area contributed by atoms with E-state index in [-0.39, 0.29) is 0 Å². The average molecular weight is 717 g/mol. The molecule has 0 atom stereocenters. The lowest BCUT2D eigenvalue weighted by molar-refractivity contribution is 0.668. The van der Waals surface area contributed by atoms with E-state index in [1.165, 1.54) is 82.4 Å². The third-order valence-electron chi connectivity index (χ3n) is 12.1. The zero-order valence-electron chi connectivity index (χ0n) is 31.4.